The predicted molar refractivity (Wildman–Crippen MR) is 162 cm³/mol. The fraction of sp³-hybridized carbons (Fsp3) is 0.424. The SMILES string of the molecule is CC1(C)OCc2cc([C@@H]3CN(CCc4ccc5c(c4)O[C@H](COCCCc4c(Cl)cccc4Cl)CO5)C(=O)O3)ccc2O1. The third-order valence-electron chi connectivity index (χ3n) is 7.75. The minimum Gasteiger partial charge on any atom is -0.486 e. The molecule has 3 aliphatic rings. The zero-order valence-electron chi connectivity index (χ0n) is 24.3. The first kappa shape index (κ1) is 29.9. The van der Waals surface area contributed by atoms with Gasteiger partial charge in [-0.05, 0) is 72.4 Å². The molecule has 0 spiro atoms. The van der Waals surface area contributed by atoms with E-state index in [2.05, 4.69) is 0 Å². The highest BCUT2D eigenvalue weighted by Crippen LogP contribution is 2.36. The molecule has 43 heavy (non-hydrogen) atoms. The van der Waals surface area contributed by atoms with E-state index in [1.165, 1.54) is 0 Å². The van der Waals surface area contributed by atoms with Gasteiger partial charge < -0.3 is 33.3 Å². The number of fused-ring (bicyclic) bond motifs is 2. The maximum atomic E-state index is 12.7. The molecule has 3 aromatic rings. The molecule has 0 bridgehead atoms. The molecule has 1 amide bonds. The maximum absolute atomic E-state index is 12.7. The average Bonchev–Trinajstić information content (AvgIpc) is 3.36. The van der Waals surface area contributed by atoms with Crippen molar-refractivity contribution in [2.45, 2.75) is 57.7 Å². The van der Waals surface area contributed by atoms with Crippen molar-refractivity contribution >= 4 is 29.3 Å². The number of hydrogen-bond donors (Lipinski definition) is 0. The number of carbonyl (C=O) groups excluding carboxylic acids is 1. The Morgan fingerprint density at radius 1 is 0.977 bits per heavy atom. The Morgan fingerprint density at radius 2 is 1.79 bits per heavy atom. The Labute approximate surface area is 261 Å². The number of ether oxygens (including phenoxy) is 6. The summed E-state index contributed by atoms with van der Waals surface area (Å²) in [4.78, 5) is 14.4. The van der Waals surface area contributed by atoms with Crippen LogP contribution in [0.25, 0.3) is 0 Å². The number of amides is 1. The number of carbonyl (C=O) groups is 1. The van der Waals surface area contributed by atoms with Gasteiger partial charge in [0.2, 0.25) is 5.79 Å². The maximum Gasteiger partial charge on any atom is 0.410 e. The van der Waals surface area contributed by atoms with E-state index in [9.17, 15) is 4.79 Å². The molecule has 0 unspecified atom stereocenters. The second-order valence-corrected chi connectivity index (χ2v) is 12.3. The standard InChI is InChI=1S/C33H35Cl2NO7/c1-33(2)40-18-23-16-22(9-11-28(23)43-33)31-17-36(32(37)42-31)13-12-21-8-10-29-30(15-21)41-24(20-39-29)19-38-14-4-5-25-26(34)6-3-7-27(25)35/h3,6-11,15-16,24,31H,4-5,12-14,17-20H2,1-2H3/t24-,31+/m1/s1. The Bertz CT molecular complexity index is 1460. The van der Waals surface area contributed by atoms with Crippen molar-refractivity contribution in [3.63, 3.8) is 0 Å². The van der Waals surface area contributed by atoms with Crippen LogP contribution >= 0.6 is 23.2 Å². The van der Waals surface area contributed by atoms with Crippen LogP contribution in [0, 0.1) is 0 Å². The highest BCUT2D eigenvalue weighted by atomic mass is 35.5. The van der Waals surface area contributed by atoms with Gasteiger partial charge >= 0.3 is 6.09 Å². The zero-order valence-corrected chi connectivity index (χ0v) is 25.8. The van der Waals surface area contributed by atoms with Crippen LogP contribution in [0.1, 0.15) is 48.6 Å². The fourth-order valence-electron chi connectivity index (χ4n) is 5.42. The van der Waals surface area contributed by atoms with Gasteiger partial charge in [-0.2, -0.15) is 0 Å². The molecule has 0 aromatic heterocycles. The molecule has 0 saturated carbocycles. The summed E-state index contributed by atoms with van der Waals surface area (Å²) in [6, 6.07) is 17.3. The van der Waals surface area contributed by atoms with Crippen LogP contribution in [0.5, 0.6) is 17.2 Å². The summed E-state index contributed by atoms with van der Waals surface area (Å²) < 4.78 is 35.3. The first-order valence-corrected chi connectivity index (χ1v) is 15.3. The molecular formula is C33H35Cl2NO7. The first-order valence-electron chi connectivity index (χ1n) is 14.6. The second kappa shape index (κ2) is 12.8. The second-order valence-electron chi connectivity index (χ2n) is 11.4. The van der Waals surface area contributed by atoms with Gasteiger partial charge in [-0.3, -0.25) is 0 Å². The van der Waals surface area contributed by atoms with Gasteiger partial charge in [0.15, 0.2) is 17.6 Å². The summed E-state index contributed by atoms with van der Waals surface area (Å²) in [6.07, 6.45) is 1.34. The normalized spacial score (nSPS) is 20.4. The van der Waals surface area contributed by atoms with Gasteiger partial charge in [0.05, 0.1) is 19.8 Å². The molecule has 0 aliphatic carbocycles. The van der Waals surface area contributed by atoms with Crippen molar-refractivity contribution in [2.24, 2.45) is 0 Å². The summed E-state index contributed by atoms with van der Waals surface area (Å²) in [5, 5.41) is 1.35. The molecule has 6 rings (SSSR count). The van der Waals surface area contributed by atoms with Crippen molar-refractivity contribution in [1.82, 2.24) is 4.90 Å². The van der Waals surface area contributed by atoms with Gasteiger partial charge in [-0.15, -0.1) is 0 Å². The molecule has 228 valence electrons. The van der Waals surface area contributed by atoms with Crippen LogP contribution in [0.15, 0.2) is 54.6 Å². The van der Waals surface area contributed by atoms with Gasteiger partial charge in [-0.1, -0.05) is 41.4 Å². The Kier molecular flexibility index (Phi) is 8.91. The molecule has 0 N–H and O–H groups in total. The summed E-state index contributed by atoms with van der Waals surface area (Å²) in [6.45, 7) is 6.64. The zero-order chi connectivity index (χ0) is 30.0. The van der Waals surface area contributed by atoms with Crippen LogP contribution in [-0.4, -0.2) is 55.8 Å². The van der Waals surface area contributed by atoms with Crippen molar-refractivity contribution in [3.05, 3.63) is 86.9 Å². The Morgan fingerprint density at radius 3 is 2.63 bits per heavy atom. The first-order chi connectivity index (χ1) is 20.7. The molecule has 8 nitrogen and oxygen atoms in total. The van der Waals surface area contributed by atoms with E-state index in [0.717, 1.165) is 40.8 Å². The fourth-order valence-corrected chi connectivity index (χ4v) is 6.01. The third-order valence-corrected chi connectivity index (χ3v) is 8.46. The predicted octanol–water partition coefficient (Wildman–Crippen LogP) is 7.16. The van der Waals surface area contributed by atoms with Crippen molar-refractivity contribution in [2.75, 3.05) is 32.9 Å². The lowest BCUT2D eigenvalue weighted by Crippen LogP contribution is -2.35. The largest absolute Gasteiger partial charge is 0.486 e. The molecule has 1 saturated heterocycles. The van der Waals surface area contributed by atoms with Crippen LogP contribution in [0.4, 0.5) is 4.79 Å². The van der Waals surface area contributed by atoms with Crippen molar-refractivity contribution in [1.29, 1.82) is 0 Å². The smallest absolute Gasteiger partial charge is 0.410 e. The van der Waals surface area contributed by atoms with Crippen LogP contribution in [-0.2, 0) is 33.7 Å². The van der Waals surface area contributed by atoms with Gasteiger partial charge in [0.25, 0.3) is 0 Å². The van der Waals surface area contributed by atoms with Gasteiger partial charge in [0.1, 0.15) is 18.5 Å². The number of benzene rings is 3. The lowest BCUT2D eigenvalue weighted by Gasteiger charge is -2.32. The molecule has 2 atom stereocenters. The number of cyclic esters (lactones) is 1. The molecular weight excluding hydrogens is 593 g/mol. The highest BCUT2D eigenvalue weighted by Gasteiger charge is 2.34. The van der Waals surface area contributed by atoms with E-state index < -0.39 is 5.79 Å². The number of halogens is 2. The lowest BCUT2D eigenvalue weighted by molar-refractivity contribution is -0.180. The summed E-state index contributed by atoms with van der Waals surface area (Å²) in [5.74, 6) is 1.54. The minimum atomic E-state index is -0.651. The van der Waals surface area contributed by atoms with Crippen molar-refractivity contribution in [3.8, 4) is 17.2 Å². The summed E-state index contributed by atoms with van der Waals surface area (Å²) in [5.41, 5.74) is 3.87. The molecule has 3 aromatic carbocycles. The van der Waals surface area contributed by atoms with Crippen LogP contribution in [0.3, 0.4) is 0 Å². The number of hydrogen-bond acceptors (Lipinski definition) is 7. The molecule has 10 heteroatoms. The minimum absolute atomic E-state index is 0.209. The molecule has 0 radical (unpaired) electrons. The number of nitrogens with zero attached hydrogens (tertiary/aromatic N) is 1. The molecule has 3 heterocycles. The van der Waals surface area contributed by atoms with Crippen molar-refractivity contribution < 1.29 is 33.2 Å². The summed E-state index contributed by atoms with van der Waals surface area (Å²) >= 11 is 12.5. The topological polar surface area (TPSA) is 75.7 Å². The van der Waals surface area contributed by atoms with E-state index >= 15 is 0 Å². The van der Waals surface area contributed by atoms with E-state index in [1.54, 1.807) is 4.90 Å². The molecule has 3 aliphatic heterocycles. The quantitative estimate of drug-likeness (QED) is 0.221. The van der Waals surface area contributed by atoms with Gasteiger partial charge in [0, 0.05) is 42.6 Å². The van der Waals surface area contributed by atoms with Gasteiger partial charge in [-0.25, -0.2) is 4.79 Å². The lowest BCUT2D eigenvalue weighted by atomic mass is 10.0. The number of rotatable bonds is 10. The monoisotopic (exact) mass is 627 g/mol. The van der Waals surface area contributed by atoms with E-state index in [-0.39, 0.29) is 18.3 Å². The van der Waals surface area contributed by atoms with Crippen LogP contribution in [0.2, 0.25) is 10.0 Å². The Hall–Kier alpha value is -3.17. The third kappa shape index (κ3) is 7.15. The highest BCUT2D eigenvalue weighted by molar-refractivity contribution is 6.35. The van der Waals surface area contributed by atoms with E-state index in [1.807, 2.05) is 68.4 Å². The Balaban J connectivity index is 0.971. The van der Waals surface area contributed by atoms with Crippen LogP contribution < -0.4 is 14.2 Å². The summed E-state index contributed by atoms with van der Waals surface area (Å²) in [7, 11) is 0. The van der Waals surface area contributed by atoms with E-state index in [0.29, 0.717) is 67.5 Å². The average molecular weight is 629 g/mol. The molecule has 1 fully saturated rings. The van der Waals surface area contributed by atoms with E-state index in [4.69, 9.17) is 51.6 Å².